The maximum absolute atomic E-state index is 12.0. The van der Waals surface area contributed by atoms with Crippen LogP contribution in [-0.4, -0.2) is 18.5 Å². The molecule has 0 radical (unpaired) electrons. The number of hydrogen-bond donors (Lipinski definition) is 0. The van der Waals surface area contributed by atoms with Gasteiger partial charge in [-0.2, -0.15) is 5.26 Å². The van der Waals surface area contributed by atoms with E-state index in [-0.39, 0.29) is 11.4 Å². The highest BCUT2D eigenvalue weighted by Gasteiger charge is 2.26. The molecule has 0 spiro atoms. The van der Waals surface area contributed by atoms with Gasteiger partial charge in [0.2, 0.25) is 5.78 Å². The molecule has 0 aliphatic carbocycles. The minimum atomic E-state index is -0.426. The Morgan fingerprint density at radius 3 is 2.76 bits per heavy atom. The monoisotopic (exact) mass is 227 g/mol. The van der Waals surface area contributed by atoms with Gasteiger partial charge in [0.1, 0.15) is 12.2 Å². The predicted octanol–water partition coefficient (Wildman–Crippen LogP) is 2.34. The van der Waals surface area contributed by atoms with Crippen molar-refractivity contribution in [2.24, 2.45) is 0 Å². The fraction of sp³-hybridized carbons (Fsp3) is 0.286. The second-order valence-electron chi connectivity index (χ2n) is 3.95. The van der Waals surface area contributed by atoms with E-state index in [9.17, 15) is 4.79 Å². The van der Waals surface area contributed by atoms with Crippen molar-refractivity contribution >= 4 is 11.9 Å². The second kappa shape index (κ2) is 5.42. The number of nitriles is 1. The van der Waals surface area contributed by atoms with Gasteiger partial charge >= 0.3 is 0 Å². The van der Waals surface area contributed by atoms with Crippen molar-refractivity contribution < 1.29 is 9.53 Å². The van der Waals surface area contributed by atoms with E-state index in [1.807, 2.05) is 36.4 Å². The number of benzene rings is 1. The normalized spacial score (nSPS) is 19.9. The largest absolute Gasteiger partial charge is 0.370 e. The first-order valence-corrected chi connectivity index (χ1v) is 5.64. The molecule has 1 aromatic rings. The number of Topliss-reactive ketones (excluding diaryl/α,β-unsaturated/α-hetero) is 1. The maximum atomic E-state index is 12.0. The van der Waals surface area contributed by atoms with E-state index in [1.54, 1.807) is 6.08 Å². The Bertz CT molecular complexity index is 465. The van der Waals surface area contributed by atoms with Crippen molar-refractivity contribution in [3.63, 3.8) is 0 Å². The molecule has 0 N–H and O–H groups in total. The zero-order chi connectivity index (χ0) is 12.1. The van der Waals surface area contributed by atoms with Gasteiger partial charge in [0.25, 0.3) is 0 Å². The highest BCUT2D eigenvalue weighted by atomic mass is 16.5. The molecule has 1 saturated heterocycles. The SMILES string of the molecule is N#C/C(=C/c1ccccc1)C(=O)C1CCCO1. The van der Waals surface area contributed by atoms with Crippen molar-refractivity contribution in [1.82, 2.24) is 0 Å². The van der Waals surface area contributed by atoms with Crippen LogP contribution in [0.1, 0.15) is 18.4 Å². The first-order chi connectivity index (χ1) is 8.31. The molecule has 0 amide bonds. The van der Waals surface area contributed by atoms with E-state index in [0.717, 1.165) is 12.0 Å². The lowest BCUT2D eigenvalue weighted by molar-refractivity contribution is -0.123. The average Bonchev–Trinajstić information content (AvgIpc) is 2.90. The van der Waals surface area contributed by atoms with E-state index < -0.39 is 6.10 Å². The zero-order valence-electron chi connectivity index (χ0n) is 9.43. The standard InChI is InChI=1S/C14H13NO2/c15-10-12(9-11-5-2-1-3-6-11)14(16)13-7-4-8-17-13/h1-3,5-6,9,13H,4,7-8H2/b12-9-. The fourth-order valence-electron chi connectivity index (χ4n) is 1.83. The van der Waals surface area contributed by atoms with Gasteiger partial charge in [0.15, 0.2) is 0 Å². The van der Waals surface area contributed by atoms with Crippen LogP contribution in [0, 0.1) is 11.3 Å². The number of rotatable bonds is 3. The molecular weight excluding hydrogens is 214 g/mol. The summed E-state index contributed by atoms with van der Waals surface area (Å²) in [7, 11) is 0. The number of carbonyl (C=O) groups is 1. The number of ketones is 1. The average molecular weight is 227 g/mol. The van der Waals surface area contributed by atoms with Crippen LogP contribution >= 0.6 is 0 Å². The molecule has 0 saturated carbocycles. The Morgan fingerprint density at radius 1 is 1.41 bits per heavy atom. The Morgan fingerprint density at radius 2 is 2.18 bits per heavy atom. The van der Waals surface area contributed by atoms with Gasteiger partial charge in [0, 0.05) is 6.61 Å². The molecule has 3 heteroatoms. The van der Waals surface area contributed by atoms with Gasteiger partial charge in [0.05, 0.1) is 5.57 Å². The Labute approximate surface area is 100 Å². The molecule has 1 aliphatic heterocycles. The lowest BCUT2D eigenvalue weighted by Gasteiger charge is -2.06. The van der Waals surface area contributed by atoms with Gasteiger partial charge < -0.3 is 4.74 Å². The molecule has 1 unspecified atom stereocenters. The number of carbonyl (C=O) groups excluding carboxylic acids is 1. The third-order valence-corrected chi connectivity index (χ3v) is 2.72. The van der Waals surface area contributed by atoms with Crippen molar-refractivity contribution in [2.75, 3.05) is 6.61 Å². The smallest absolute Gasteiger partial charge is 0.202 e. The summed E-state index contributed by atoms with van der Waals surface area (Å²) in [5.74, 6) is -0.200. The lowest BCUT2D eigenvalue weighted by atomic mass is 10.0. The summed E-state index contributed by atoms with van der Waals surface area (Å²) in [4.78, 5) is 12.0. The summed E-state index contributed by atoms with van der Waals surface area (Å²) >= 11 is 0. The van der Waals surface area contributed by atoms with Crippen molar-refractivity contribution in [1.29, 1.82) is 5.26 Å². The second-order valence-corrected chi connectivity index (χ2v) is 3.95. The quantitative estimate of drug-likeness (QED) is 0.588. The summed E-state index contributed by atoms with van der Waals surface area (Å²) < 4.78 is 5.29. The molecule has 0 bridgehead atoms. The highest BCUT2D eigenvalue weighted by Crippen LogP contribution is 2.17. The third-order valence-electron chi connectivity index (χ3n) is 2.72. The molecule has 0 aromatic heterocycles. The van der Waals surface area contributed by atoms with E-state index in [2.05, 4.69) is 0 Å². The molecule has 3 nitrogen and oxygen atoms in total. The predicted molar refractivity (Wildman–Crippen MR) is 64.0 cm³/mol. The molecular formula is C14H13NO2. The summed E-state index contributed by atoms with van der Waals surface area (Å²) in [5.41, 5.74) is 1.03. The molecule has 1 atom stereocenters. The zero-order valence-corrected chi connectivity index (χ0v) is 9.43. The van der Waals surface area contributed by atoms with Crippen LogP contribution in [-0.2, 0) is 9.53 Å². The van der Waals surface area contributed by atoms with Crippen LogP contribution < -0.4 is 0 Å². The van der Waals surface area contributed by atoms with Crippen molar-refractivity contribution in [2.45, 2.75) is 18.9 Å². The summed E-state index contributed by atoms with van der Waals surface area (Å²) in [6, 6.07) is 11.3. The van der Waals surface area contributed by atoms with Gasteiger partial charge in [-0.15, -0.1) is 0 Å². The molecule has 17 heavy (non-hydrogen) atoms. The minimum Gasteiger partial charge on any atom is -0.370 e. The minimum absolute atomic E-state index is 0.170. The van der Waals surface area contributed by atoms with Gasteiger partial charge in [-0.05, 0) is 24.5 Å². The summed E-state index contributed by atoms with van der Waals surface area (Å²) in [5, 5.41) is 9.02. The highest BCUT2D eigenvalue weighted by molar-refractivity contribution is 6.06. The Hall–Kier alpha value is -1.92. The van der Waals surface area contributed by atoms with E-state index in [0.29, 0.717) is 13.0 Å². The third kappa shape index (κ3) is 2.80. The summed E-state index contributed by atoms with van der Waals surface area (Å²) in [6.45, 7) is 0.612. The van der Waals surface area contributed by atoms with E-state index in [1.165, 1.54) is 0 Å². The molecule has 1 fully saturated rings. The molecule has 2 rings (SSSR count). The fourth-order valence-corrected chi connectivity index (χ4v) is 1.83. The first-order valence-electron chi connectivity index (χ1n) is 5.64. The van der Waals surface area contributed by atoms with Gasteiger partial charge in [-0.1, -0.05) is 30.3 Å². The van der Waals surface area contributed by atoms with Crippen LogP contribution in [0.25, 0.3) is 6.08 Å². The number of ether oxygens (including phenoxy) is 1. The van der Waals surface area contributed by atoms with Crippen LogP contribution in [0.4, 0.5) is 0 Å². The van der Waals surface area contributed by atoms with Crippen LogP contribution in [0.5, 0.6) is 0 Å². The topological polar surface area (TPSA) is 50.1 Å². The molecule has 1 aliphatic rings. The Balaban J connectivity index is 2.19. The number of hydrogen-bond acceptors (Lipinski definition) is 3. The van der Waals surface area contributed by atoms with E-state index >= 15 is 0 Å². The Kier molecular flexibility index (Phi) is 3.69. The van der Waals surface area contributed by atoms with Crippen LogP contribution in [0.2, 0.25) is 0 Å². The van der Waals surface area contributed by atoms with Crippen LogP contribution in [0.15, 0.2) is 35.9 Å². The summed E-state index contributed by atoms with van der Waals surface area (Å²) in [6.07, 6.45) is 2.79. The molecule has 86 valence electrons. The van der Waals surface area contributed by atoms with Gasteiger partial charge in [-0.25, -0.2) is 0 Å². The molecule has 1 aromatic carbocycles. The lowest BCUT2D eigenvalue weighted by Crippen LogP contribution is -2.20. The van der Waals surface area contributed by atoms with Crippen molar-refractivity contribution in [3.05, 3.63) is 41.5 Å². The maximum Gasteiger partial charge on any atom is 0.202 e. The molecule has 1 heterocycles. The van der Waals surface area contributed by atoms with Crippen molar-refractivity contribution in [3.8, 4) is 6.07 Å². The van der Waals surface area contributed by atoms with Crippen LogP contribution in [0.3, 0.4) is 0 Å². The first kappa shape index (κ1) is 11.6. The van der Waals surface area contributed by atoms with Gasteiger partial charge in [-0.3, -0.25) is 4.79 Å². The number of nitrogens with zero attached hydrogens (tertiary/aromatic N) is 1. The van der Waals surface area contributed by atoms with E-state index in [4.69, 9.17) is 10.00 Å².